The van der Waals surface area contributed by atoms with E-state index in [1.807, 2.05) is 0 Å². The summed E-state index contributed by atoms with van der Waals surface area (Å²) < 4.78 is 76.4. The van der Waals surface area contributed by atoms with Crippen molar-refractivity contribution in [3.05, 3.63) is 0 Å². The van der Waals surface area contributed by atoms with Gasteiger partial charge in [0.1, 0.15) is 159 Å². The van der Waals surface area contributed by atoms with Gasteiger partial charge in [-0.15, -0.1) is 0 Å². The van der Waals surface area contributed by atoms with E-state index in [1.54, 1.807) is 0 Å². The van der Waals surface area contributed by atoms with E-state index in [9.17, 15) is 107 Å². The van der Waals surface area contributed by atoms with E-state index in [2.05, 4.69) is 10.6 Å². The molecule has 0 spiro atoms. The highest BCUT2D eigenvalue weighted by Crippen LogP contribution is 2.38. The van der Waals surface area contributed by atoms with Crippen LogP contribution in [0.3, 0.4) is 0 Å². The topological polar surface area (TPSA) is 563 Å². The summed E-state index contributed by atoms with van der Waals surface area (Å²) in [5.41, 5.74) is 0. The Kier molecular flexibility index (Phi) is 23.2. The van der Waals surface area contributed by atoms with Crippen molar-refractivity contribution in [2.24, 2.45) is 0 Å². The minimum atomic E-state index is -2.26. The lowest BCUT2D eigenvalue weighted by atomic mass is 9.93. The Hall–Kier alpha value is -2.34. The SMILES string of the molecule is CC(=O)N[C@@H]1[C@@H](O[C@@H]2O[C@@H](C)[C@@H](O)[C@@H](O)[C@@H]2O)[C@H](O[C@@H]2O[C@H](CO)[C@@H](O[C@@H]3O[C@H](CO[C@H]4O[C@H](CO)[C@@H](O)[C@H](O)[C@@H]4O)[C@@H](O)[C@H](O[C@H]4O[C@H](CO)[C@@H](O)[C@H](O)[C@@H]4O)[C@@H]3O[C@@H]3OC[C@@H](O)[C@H](O)[C@H]3O)[C@H](O)[C@H]2NC(C)=O)[C@@H](CO)O[C@@H]1O. The third-order valence-corrected chi connectivity index (χ3v) is 14.9. The number of aliphatic hydroxyl groups is 19. The van der Waals surface area contributed by atoms with Crippen LogP contribution in [0.5, 0.6) is 0 Å². The lowest BCUT2D eigenvalue weighted by molar-refractivity contribution is -0.405. The first kappa shape index (κ1) is 66.2. The van der Waals surface area contributed by atoms with E-state index in [0.717, 1.165) is 13.8 Å². The summed E-state index contributed by atoms with van der Waals surface area (Å²) >= 11 is 0. The Morgan fingerprint density at radius 1 is 0.395 bits per heavy atom. The molecule has 34 atom stereocenters. The lowest BCUT2D eigenvalue weighted by Gasteiger charge is -2.52. The monoisotopic (exact) mass is 1190 g/mol. The standard InChI is InChI=1S/C45H76N2O34/c1-10-21(55)27(61)32(66)43(71-10)79-36-20(47-12(3)53)39(68)72-17(7-51)35(36)78-40-19(46-11(2)52)26(60)34(16(6-50)75-40)77-45-38(81-42-30(64)22(56)13(54)8-69-42)37(80-44-33(67)29(63)24(58)15(5-49)74-44)25(59)18(76-45)9-70-41-31(65)28(62)23(57)14(4-48)73-41/h10,13-45,48-51,54-68H,4-9H2,1-3H3,(H,46,52)(H,47,53)/t10-,13+,14+,15+,16+,17+,18+,19+,20+,21+,22-,23+,24+,25+,26+,27+,28-,29-,30+,31-,32-,33-,34+,35+,36+,37-,38-,39-,40-,41-,42-,43-,44+,45-/m0/s1. The molecule has 0 unspecified atom stereocenters. The molecule has 36 nitrogen and oxygen atoms in total. The minimum Gasteiger partial charge on any atom is -0.394 e. The number of carbonyl (C=O) groups excluding carboxylic acids is 2. The van der Waals surface area contributed by atoms with E-state index in [4.69, 9.17) is 61.6 Å². The van der Waals surface area contributed by atoms with Gasteiger partial charge < -0.3 is 169 Å². The molecule has 7 fully saturated rings. The van der Waals surface area contributed by atoms with Crippen LogP contribution in [0.25, 0.3) is 0 Å². The molecule has 0 radical (unpaired) electrons. The second kappa shape index (κ2) is 28.4. The van der Waals surface area contributed by atoms with Crippen molar-refractivity contribution in [2.45, 2.75) is 229 Å². The molecule has 7 aliphatic rings. The molecule has 0 saturated carbocycles. The quantitative estimate of drug-likeness (QED) is 0.0571. The van der Waals surface area contributed by atoms with Crippen LogP contribution in [0.2, 0.25) is 0 Å². The number of hydrogen-bond acceptors (Lipinski definition) is 34. The van der Waals surface area contributed by atoms with Crippen LogP contribution in [-0.2, 0) is 71.2 Å². The Bertz CT molecular complexity index is 1990. The zero-order valence-electron chi connectivity index (χ0n) is 43.5. The highest BCUT2D eigenvalue weighted by atomic mass is 16.8. The van der Waals surface area contributed by atoms with Gasteiger partial charge in [-0.1, -0.05) is 0 Å². The van der Waals surface area contributed by atoms with Crippen LogP contribution in [0.4, 0.5) is 0 Å². The minimum absolute atomic E-state index is 0.710. The Balaban J connectivity index is 1.25. The Labute approximate surface area is 459 Å². The number of amides is 2. The zero-order valence-corrected chi connectivity index (χ0v) is 43.5. The molecule has 470 valence electrons. The highest BCUT2D eigenvalue weighted by molar-refractivity contribution is 5.73. The fraction of sp³-hybridized carbons (Fsp3) is 0.956. The van der Waals surface area contributed by atoms with Crippen molar-refractivity contribution in [3.8, 4) is 0 Å². The molecule has 0 aliphatic carbocycles. The molecular weight excluding hydrogens is 1110 g/mol. The molecule has 7 rings (SSSR count). The van der Waals surface area contributed by atoms with Gasteiger partial charge in [0, 0.05) is 13.8 Å². The van der Waals surface area contributed by atoms with Gasteiger partial charge in [-0.05, 0) is 6.92 Å². The van der Waals surface area contributed by atoms with E-state index < -0.39 is 260 Å². The molecule has 0 aromatic rings. The first-order valence-electron chi connectivity index (χ1n) is 25.9. The summed E-state index contributed by atoms with van der Waals surface area (Å²) in [6, 6.07) is -3.57. The molecular formula is C45H76N2O34. The maximum absolute atomic E-state index is 13.0. The molecule has 7 heterocycles. The molecule has 7 saturated heterocycles. The van der Waals surface area contributed by atoms with Gasteiger partial charge in [0.15, 0.2) is 44.0 Å². The second-order valence-corrected chi connectivity index (χ2v) is 20.6. The van der Waals surface area contributed by atoms with Crippen molar-refractivity contribution in [1.82, 2.24) is 10.6 Å². The van der Waals surface area contributed by atoms with Gasteiger partial charge in [0.25, 0.3) is 0 Å². The summed E-state index contributed by atoms with van der Waals surface area (Å²) in [6.45, 7) is -2.40. The maximum Gasteiger partial charge on any atom is 0.217 e. The molecule has 21 N–H and O–H groups in total. The van der Waals surface area contributed by atoms with Gasteiger partial charge >= 0.3 is 0 Å². The summed E-state index contributed by atoms with van der Waals surface area (Å²) in [5.74, 6) is -1.70. The molecule has 2 amide bonds. The highest BCUT2D eigenvalue weighted by Gasteiger charge is 2.59. The second-order valence-electron chi connectivity index (χ2n) is 20.6. The van der Waals surface area contributed by atoms with Gasteiger partial charge in [0.05, 0.1) is 45.7 Å². The van der Waals surface area contributed by atoms with Crippen molar-refractivity contribution >= 4 is 11.8 Å². The fourth-order valence-corrected chi connectivity index (χ4v) is 10.3. The number of nitrogens with one attached hydrogen (secondary N) is 2. The Morgan fingerprint density at radius 3 is 1.42 bits per heavy atom. The van der Waals surface area contributed by atoms with Crippen LogP contribution in [0.15, 0.2) is 0 Å². The molecule has 81 heavy (non-hydrogen) atoms. The normalized spacial score (nSPS) is 50.8. The third-order valence-electron chi connectivity index (χ3n) is 14.9. The first-order valence-corrected chi connectivity index (χ1v) is 25.9. The number of rotatable bonds is 19. The maximum atomic E-state index is 13.0. The Morgan fingerprint density at radius 2 is 0.840 bits per heavy atom. The molecule has 0 aromatic heterocycles. The summed E-state index contributed by atoms with van der Waals surface area (Å²) in [5, 5.41) is 210. The van der Waals surface area contributed by atoms with Crippen LogP contribution >= 0.6 is 0 Å². The first-order chi connectivity index (χ1) is 38.3. The average molecular weight is 1190 g/mol. The number of ether oxygens (including phenoxy) is 13. The van der Waals surface area contributed by atoms with Crippen molar-refractivity contribution < 1.29 is 168 Å². The van der Waals surface area contributed by atoms with E-state index in [-0.39, 0.29) is 0 Å². The van der Waals surface area contributed by atoms with E-state index in [0.29, 0.717) is 0 Å². The molecule has 0 aromatic carbocycles. The molecule has 36 heteroatoms. The van der Waals surface area contributed by atoms with Crippen LogP contribution in [-0.4, -0.2) is 357 Å². The molecule has 0 bridgehead atoms. The van der Waals surface area contributed by atoms with Crippen LogP contribution in [0.1, 0.15) is 20.8 Å². The van der Waals surface area contributed by atoms with E-state index in [1.165, 1.54) is 6.92 Å². The smallest absolute Gasteiger partial charge is 0.217 e. The predicted molar refractivity (Wildman–Crippen MR) is 248 cm³/mol. The van der Waals surface area contributed by atoms with Crippen molar-refractivity contribution in [2.75, 3.05) is 39.6 Å². The van der Waals surface area contributed by atoms with Crippen LogP contribution < -0.4 is 10.6 Å². The lowest BCUT2D eigenvalue weighted by Crippen LogP contribution is -2.71. The summed E-state index contributed by atoms with van der Waals surface area (Å²) in [4.78, 5) is 25.5. The largest absolute Gasteiger partial charge is 0.394 e. The zero-order chi connectivity index (χ0) is 59.6. The average Bonchev–Trinajstić information content (AvgIpc) is 3.63. The summed E-state index contributed by atoms with van der Waals surface area (Å²) in [6.07, 6.45) is -61.9. The predicted octanol–water partition coefficient (Wildman–Crippen LogP) is -14.3. The number of carbonyl (C=O) groups is 2. The summed E-state index contributed by atoms with van der Waals surface area (Å²) in [7, 11) is 0. The van der Waals surface area contributed by atoms with Gasteiger partial charge in [-0.2, -0.15) is 0 Å². The van der Waals surface area contributed by atoms with Crippen molar-refractivity contribution in [3.63, 3.8) is 0 Å². The van der Waals surface area contributed by atoms with Crippen LogP contribution in [0, 0.1) is 0 Å². The fourth-order valence-electron chi connectivity index (χ4n) is 10.3. The third kappa shape index (κ3) is 14.4. The van der Waals surface area contributed by atoms with Crippen molar-refractivity contribution in [1.29, 1.82) is 0 Å². The van der Waals surface area contributed by atoms with Gasteiger partial charge in [0.2, 0.25) is 11.8 Å². The number of aliphatic hydroxyl groups excluding tert-OH is 19. The number of hydrogen-bond donors (Lipinski definition) is 21. The van der Waals surface area contributed by atoms with E-state index >= 15 is 0 Å². The van der Waals surface area contributed by atoms with Gasteiger partial charge in [-0.3, -0.25) is 9.59 Å². The van der Waals surface area contributed by atoms with Gasteiger partial charge in [-0.25, -0.2) is 0 Å². The molecule has 7 aliphatic heterocycles.